The maximum atomic E-state index is 11.9. The second kappa shape index (κ2) is 7.30. The largest absolute Gasteiger partial charge is 0.492 e. The number of alkyl halides is 1. The van der Waals surface area contributed by atoms with Crippen LogP contribution < -0.4 is 10.1 Å². The molecule has 116 valence electrons. The molecule has 0 spiro atoms. The maximum absolute atomic E-state index is 11.9. The third-order valence-corrected chi connectivity index (χ3v) is 5.09. The average Bonchev–Trinajstić information content (AvgIpc) is 3.26. The summed E-state index contributed by atoms with van der Waals surface area (Å²) in [6.07, 6.45) is 2.97. The Morgan fingerprint density at radius 1 is 1.43 bits per heavy atom. The SMILES string of the molecule is CCOc1cc(CC(Br)C(C)C)ccc1NC(=O)C1CC1. The zero-order valence-corrected chi connectivity index (χ0v) is 14.6. The van der Waals surface area contributed by atoms with Gasteiger partial charge in [0.25, 0.3) is 0 Å². The van der Waals surface area contributed by atoms with Crippen molar-refractivity contribution >= 4 is 27.5 Å². The number of rotatable bonds is 7. The smallest absolute Gasteiger partial charge is 0.227 e. The zero-order valence-electron chi connectivity index (χ0n) is 13.0. The lowest BCUT2D eigenvalue weighted by Gasteiger charge is -2.16. The predicted molar refractivity (Wildman–Crippen MR) is 90.2 cm³/mol. The fourth-order valence-electron chi connectivity index (χ4n) is 2.11. The first kappa shape index (κ1) is 16.3. The molecule has 2 rings (SSSR count). The van der Waals surface area contributed by atoms with Crippen molar-refractivity contribution in [3.05, 3.63) is 23.8 Å². The van der Waals surface area contributed by atoms with Crippen LogP contribution in [-0.2, 0) is 11.2 Å². The molecule has 0 heterocycles. The lowest BCUT2D eigenvalue weighted by atomic mass is 10.0. The number of hydrogen-bond donors (Lipinski definition) is 1. The van der Waals surface area contributed by atoms with Crippen molar-refractivity contribution in [1.82, 2.24) is 0 Å². The third kappa shape index (κ3) is 4.73. The minimum Gasteiger partial charge on any atom is -0.492 e. The van der Waals surface area contributed by atoms with E-state index in [9.17, 15) is 4.79 Å². The number of halogens is 1. The third-order valence-electron chi connectivity index (χ3n) is 3.71. The molecule has 1 aliphatic carbocycles. The molecule has 1 aromatic carbocycles. The number of amides is 1. The van der Waals surface area contributed by atoms with Crippen molar-refractivity contribution in [2.75, 3.05) is 11.9 Å². The summed E-state index contributed by atoms with van der Waals surface area (Å²) in [6, 6.07) is 6.07. The van der Waals surface area contributed by atoms with Gasteiger partial charge < -0.3 is 10.1 Å². The molecule has 3 nitrogen and oxygen atoms in total. The summed E-state index contributed by atoms with van der Waals surface area (Å²) < 4.78 is 5.69. The van der Waals surface area contributed by atoms with Gasteiger partial charge in [-0.05, 0) is 49.8 Å². The highest BCUT2D eigenvalue weighted by Crippen LogP contribution is 2.33. The van der Waals surface area contributed by atoms with Gasteiger partial charge in [0.2, 0.25) is 5.91 Å². The maximum Gasteiger partial charge on any atom is 0.227 e. The fourth-order valence-corrected chi connectivity index (χ4v) is 2.49. The Balaban J connectivity index is 2.11. The predicted octanol–water partition coefficient (Wildman–Crippen LogP) is 4.40. The Hall–Kier alpha value is -1.03. The van der Waals surface area contributed by atoms with Gasteiger partial charge in [0, 0.05) is 10.7 Å². The second-order valence-corrected chi connectivity index (χ2v) is 7.17. The Bertz CT molecular complexity index is 498. The topological polar surface area (TPSA) is 38.3 Å². The van der Waals surface area contributed by atoms with Gasteiger partial charge in [-0.3, -0.25) is 4.79 Å². The Morgan fingerprint density at radius 3 is 2.71 bits per heavy atom. The normalized spacial score (nSPS) is 15.9. The highest BCUT2D eigenvalue weighted by Gasteiger charge is 2.30. The van der Waals surface area contributed by atoms with E-state index in [1.165, 1.54) is 5.56 Å². The molecule has 1 N–H and O–H groups in total. The molecule has 4 heteroatoms. The van der Waals surface area contributed by atoms with E-state index < -0.39 is 0 Å². The van der Waals surface area contributed by atoms with Gasteiger partial charge in [0.1, 0.15) is 5.75 Å². The van der Waals surface area contributed by atoms with Crippen molar-refractivity contribution < 1.29 is 9.53 Å². The van der Waals surface area contributed by atoms with Crippen LogP contribution in [0, 0.1) is 11.8 Å². The summed E-state index contributed by atoms with van der Waals surface area (Å²) in [6.45, 7) is 6.96. The number of anilines is 1. The Morgan fingerprint density at radius 2 is 2.14 bits per heavy atom. The summed E-state index contributed by atoms with van der Waals surface area (Å²) in [7, 11) is 0. The van der Waals surface area contributed by atoms with E-state index >= 15 is 0 Å². The van der Waals surface area contributed by atoms with Crippen molar-refractivity contribution in [3.63, 3.8) is 0 Å². The molecule has 0 radical (unpaired) electrons. The summed E-state index contributed by atoms with van der Waals surface area (Å²) in [4.78, 5) is 12.4. The molecule has 1 atom stereocenters. The first-order chi connectivity index (χ1) is 10.0. The van der Waals surface area contributed by atoms with Gasteiger partial charge in [0.05, 0.1) is 12.3 Å². The first-order valence-corrected chi connectivity index (χ1v) is 8.63. The standard InChI is InChI=1S/C17H24BrNO2/c1-4-21-16-10-12(9-14(18)11(2)3)5-8-15(16)19-17(20)13-6-7-13/h5,8,10-11,13-14H,4,6-7,9H2,1-3H3,(H,19,20). The lowest BCUT2D eigenvalue weighted by Crippen LogP contribution is -2.15. The van der Waals surface area contributed by atoms with Crippen LogP contribution in [0.4, 0.5) is 5.69 Å². The van der Waals surface area contributed by atoms with E-state index in [0.717, 1.165) is 30.7 Å². The fraction of sp³-hybridized carbons (Fsp3) is 0.588. The molecule has 1 amide bonds. The molecular weight excluding hydrogens is 330 g/mol. The Labute approximate surface area is 135 Å². The molecule has 1 aliphatic rings. The van der Waals surface area contributed by atoms with Crippen LogP contribution in [0.3, 0.4) is 0 Å². The van der Waals surface area contributed by atoms with Crippen molar-refractivity contribution in [3.8, 4) is 5.75 Å². The van der Waals surface area contributed by atoms with Crippen LogP contribution in [0.25, 0.3) is 0 Å². The molecule has 0 saturated heterocycles. The monoisotopic (exact) mass is 353 g/mol. The van der Waals surface area contributed by atoms with E-state index in [4.69, 9.17) is 4.74 Å². The minimum absolute atomic E-state index is 0.115. The van der Waals surface area contributed by atoms with Crippen LogP contribution in [0.1, 0.15) is 39.2 Å². The van der Waals surface area contributed by atoms with Gasteiger partial charge in [-0.15, -0.1) is 0 Å². The van der Waals surface area contributed by atoms with E-state index in [2.05, 4.69) is 41.2 Å². The molecule has 1 aromatic rings. The van der Waals surface area contributed by atoms with Crippen LogP contribution in [0.2, 0.25) is 0 Å². The van der Waals surface area contributed by atoms with E-state index in [1.807, 2.05) is 19.1 Å². The van der Waals surface area contributed by atoms with Crippen LogP contribution >= 0.6 is 15.9 Å². The second-order valence-electron chi connectivity index (χ2n) is 5.99. The van der Waals surface area contributed by atoms with E-state index in [-0.39, 0.29) is 11.8 Å². The zero-order chi connectivity index (χ0) is 15.4. The number of nitrogens with one attached hydrogen (secondary N) is 1. The van der Waals surface area contributed by atoms with Crippen molar-refractivity contribution in [2.45, 2.75) is 44.9 Å². The number of hydrogen-bond acceptors (Lipinski definition) is 2. The molecule has 1 fully saturated rings. The van der Waals surface area contributed by atoms with E-state index in [1.54, 1.807) is 0 Å². The van der Waals surface area contributed by atoms with Gasteiger partial charge >= 0.3 is 0 Å². The van der Waals surface area contributed by atoms with Crippen molar-refractivity contribution in [2.24, 2.45) is 11.8 Å². The summed E-state index contributed by atoms with van der Waals surface area (Å²) in [5.41, 5.74) is 2.01. The van der Waals surface area contributed by atoms with Gasteiger partial charge in [-0.25, -0.2) is 0 Å². The number of carbonyl (C=O) groups is 1. The van der Waals surface area contributed by atoms with Crippen molar-refractivity contribution in [1.29, 1.82) is 0 Å². The highest BCUT2D eigenvalue weighted by molar-refractivity contribution is 9.09. The van der Waals surface area contributed by atoms with Crippen LogP contribution in [0.5, 0.6) is 5.75 Å². The molecule has 0 bridgehead atoms. The van der Waals surface area contributed by atoms with E-state index in [0.29, 0.717) is 17.4 Å². The molecule has 0 aromatic heterocycles. The number of ether oxygens (including phenoxy) is 1. The highest BCUT2D eigenvalue weighted by atomic mass is 79.9. The molecule has 1 unspecified atom stereocenters. The number of carbonyl (C=O) groups excluding carboxylic acids is 1. The summed E-state index contributed by atoms with van der Waals surface area (Å²) in [5.74, 6) is 1.67. The van der Waals surface area contributed by atoms with Gasteiger partial charge in [0.15, 0.2) is 0 Å². The molecular formula is C17H24BrNO2. The van der Waals surface area contributed by atoms with Gasteiger partial charge in [-0.2, -0.15) is 0 Å². The summed E-state index contributed by atoms with van der Waals surface area (Å²) >= 11 is 3.72. The summed E-state index contributed by atoms with van der Waals surface area (Å²) in [5, 5.41) is 2.98. The number of benzene rings is 1. The molecule has 0 aliphatic heterocycles. The molecule has 1 saturated carbocycles. The molecule has 21 heavy (non-hydrogen) atoms. The van der Waals surface area contributed by atoms with Crippen LogP contribution in [-0.4, -0.2) is 17.3 Å². The first-order valence-electron chi connectivity index (χ1n) is 7.72. The lowest BCUT2D eigenvalue weighted by molar-refractivity contribution is -0.117. The Kier molecular flexibility index (Phi) is 5.68. The quantitative estimate of drug-likeness (QED) is 0.738. The van der Waals surface area contributed by atoms with Crippen LogP contribution in [0.15, 0.2) is 18.2 Å². The van der Waals surface area contributed by atoms with Gasteiger partial charge in [-0.1, -0.05) is 35.8 Å². The average molecular weight is 354 g/mol. The minimum atomic E-state index is 0.115.